The third kappa shape index (κ3) is 3.49. The van der Waals surface area contributed by atoms with Gasteiger partial charge in [0.15, 0.2) is 0 Å². The zero-order valence-corrected chi connectivity index (χ0v) is 15.9. The molecule has 2 aromatic rings. The number of nitrogens with one attached hydrogen (secondary N) is 1. The normalized spacial score (nSPS) is 20.8. The van der Waals surface area contributed by atoms with Crippen molar-refractivity contribution in [3.63, 3.8) is 0 Å². The lowest BCUT2D eigenvalue weighted by atomic mass is 9.83. The highest BCUT2D eigenvalue weighted by Crippen LogP contribution is 2.35. The van der Waals surface area contributed by atoms with E-state index in [-0.39, 0.29) is 0 Å². The minimum absolute atomic E-state index is 0.475. The predicted molar refractivity (Wildman–Crippen MR) is 106 cm³/mol. The van der Waals surface area contributed by atoms with Gasteiger partial charge in [-0.1, -0.05) is 6.42 Å². The molecule has 2 aliphatic carbocycles. The summed E-state index contributed by atoms with van der Waals surface area (Å²) in [6.45, 7) is 2.09. The van der Waals surface area contributed by atoms with E-state index in [9.17, 15) is 0 Å². The van der Waals surface area contributed by atoms with Crippen molar-refractivity contribution in [1.82, 2.24) is 19.9 Å². The van der Waals surface area contributed by atoms with E-state index in [0.29, 0.717) is 12.0 Å². The van der Waals surface area contributed by atoms with Gasteiger partial charge in [-0.2, -0.15) is 0 Å². The second-order valence-electron chi connectivity index (χ2n) is 8.19. The average molecular weight is 364 g/mol. The van der Waals surface area contributed by atoms with Gasteiger partial charge in [0.05, 0.1) is 0 Å². The molecular weight excluding hydrogens is 336 g/mol. The van der Waals surface area contributed by atoms with E-state index in [2.05, 4.69) is 36.2 Å². The second kappa shape index (κ2) is 7.41. The molecule has 0 unspecified atom stereocenters. The van der Waals surface area contributed by atoms with E-state index in [4.69, 9.17) is 0 Å². The summed E-state index contributed by atoms with van der Waals surface area (Å²) in [5, 5.41) is 3.65. The molecule has 1 N–H and O–H groups in total. The summed E-state index contributed by atoms with van der Waals surface area (Å²) in [4.78, 5) is 20.5. The molecule has 2 fully saturated rings. The number of piperidine rings is 1. The van der Waals surface area contributed by atoms with Crippen molar-refractivity contribution in [2.75, 3.05) is 23.3 Å². The molecule has 2 aromatic heterocycles. The van der Waals surface area contributed by atoms with Gasteiger partial charge in [-0.25, -0.2) is 19.9 Å². The number of aromatic nitrogens is 4. The fourth-order valence-corrected chi connectivity index (χ4v) is 4.60. The molecule has 5 rings (SSSR count). The van der Waals surface area contributed by atoms with Gasteiger partial charge in [0.1, 0.15) is 24.3 Å². The topological polar surface area (TPSA) is 66.8 Å². The number of anilines is 2. The van der Waals surface area contributed by atoms with Crippen LogP contribution in [0.1, 0.15) is 67.8 Å². The van der Waals surface area contributed by atoms with Crippen LogP contribution in [0.3, 0.4) is 0 Å². The number of hydrogen-bond donors (Lipinski definition) is 1. The Morgan fingerprint density at radius 3 is 2.48 bits per heavy atom. The van der Waals surface area contributed by atoms with Gasteiger partial charge in [0.2, 0.25) is 0 Å². The van der Waals surface area contributed by atoms with E-state index < -0.39 is 0 Å². The molecular formula is C21H28N6. The standard InChI is InChI=1S/C21H28N6/c1-2-7-18-17(6-1)21(25-14-22-18)27-10-8-16(9-11-27)26-20-12-19(23-13-24-20)15-4-3-5-15/h12-16H,1-11H2,(H,23,24,26). The van der Waals surface area contributed by atoms with Crippen molar-refractivity contribution < 1.29 is 0 Å². The van der Waals surface area contributed by atoms with Gasteiger partial charge in [0.25, 0.3) is 0 Å². The number of fused-ring (bicyclic) bond motifs is 1. The van der Waals surface area contributed by atoms with Crippen molar-refractivity contribution in [3.8, 4) is 0 Å². The van der Waals surface area contributed by atoms with Crippen molar-refractivity contribution in [3.05, 3.63) is 35.7 Å². The minimum atomic E-state index is 0.475. The Labute approximate surface area is 160 Å². The summed E-state index contributed by atoms with van der Waals surface area (Å²) in [6.07, 6.45) is 14.4. The second-order valence-corrected chi connectivity index (χ2v) is 8.19. The van der Waals surface area contributed by atoms with Crippen LogP contribution in [0.25, 0.3) is 0 Å². The number of aryl methyl sites for hydroxylation is 1. The molecule has 6 heteroatoms. The first-order valence-corrected chi connectivity index (χ1v) is 10.5. The van der Waals surface area contributed by atoms with E-state index in [1.807, 2.05) is 0 Å². The summed E-state index contributed by atoms with van der Waals surface area (Å²) in [5.74, 6) is 2.83. The molecule has 142 valence electrons. The molecule has 1 aliphatic heterocycles. The Morgan fingerprint density at radius 1 is 0.852 bits per heavy atom. The summed E-state index contributed by atoms with van der Waals surface area (Å²) in [5.41, 5.74) is 3.89. The highest BCUT2D eigenvalue weighted by atomic mass is 15.2. The van der Waals surface area contributed by atoms with E-state index in [1.54, 1.807) is 12.7 Å². The molecule has 3 aliphatic rings. The van der Waals surface area contributed by atoms with E-state index in [1.165, 1.54) is 54.9 Å². The number of hydrogen-bond acceptors (Lipinski definition) is 6. The van der Waals surface area contributed by atoms with Crippen LogP contribution in [-0.4, -0.2) is 39.1 Å². The van der Waals surface area contributed by atoms with Gasteiger partial charge in [-0.05, 0) is 51.4 Å². The Kier molecular flexibility index (Phi) is 4.64. The molecule has 27 heavy (non-hydrogen) atoms. The van der Waals surface area contributed by atoms with Crippen LogP contribution in [0.2, 0.25) is 0 Å². The molecule has 0 amide bonds. The van der Waals surface area contributed by atoms with E-state index >= 15 is 0 Å². The maximum atomic E-state index is 4.65. The molecule has 0 bridgehead atoms. The molecule has 3 heterocycles. The highest BCUT2D eigenvalue weighted by molar-refractivity contribution is 5.50. The zero-order chi connectivity index (χ0) is 18.1. The Balaban J connectivity index is 1.22. The molecule has 1 saturated carbocycles. The summed E-state index contributed by atoms with van der Waals surface area (Å²) in [7, 11) is 0. The summed E-state index contributed by atoms with van der Waals surface area (Å²) in [6, 6.07) is 2.64. The van der Waals surface area contributed by atoms with Crippen molar-refractivity contribution in [2.45, 2.75) is 69.7 Å². The Hall–Kier alpha value is -2.24. The fourth-order valence-electron chi connectivity index (χ4n) is 4.60. The molecule has 0 aromatic carbocycles. The molecule has 0 spiro atoms. The third-order valence-electron chi connectivity index (χ3n) is 6.46. The molecule has 6 nitrogen and oxygen atoms in total. The van der Waals surface area contributed by atoms with Gasteiger partial charge >= 0.3 is 0 Å². The Bertz CT molecular complexity index is 795. The third-order valence-corrected chi connectivity index (χ3v) is 6.46. The SMILES string of the molecule is c1nc(NC2CCN(c3ncnc4c3CCCC4)CC2)cc(C2CCC2)n1. The van der Waals surface area contributed by atoms with Crippen molar-refractivity contribution in [1.29, 1.82) is 0 Å². The van der Waals surface area contributed by atoms with Gasteiger partial charge in [-0.3, -0.25) is 0 Å². The van der Waals surface area contributed by atoms with Crippen LogP contribution >= 0.6 is 0 Å². The van der Waals surface area contributed by atoms with Crippen LogP contribution in [0.5, 0.6) is 0 Å². The first-order chi connectivity index (χ1) is 13.4. The van der Waals surface area contributed by atoms with Crippen LogP contribution in [0, 0.1) is 0 Å². The average Bonchev–Trinajstić information content (AvgIpc) is 2.67. The lowest BCUT2D eigenvalue weighted by Crippen LogP contribution is -2.40. The van der Waals surface area contributed by atoms with Crippen molar-refractivity contribution in [2.24, 2.45) is 0 Å². The number of rotatable bonds is 4. The first kappa shape index (κ1) is 16.9. The first-order valence-electron chi connectivity index (χ1n) is 10.5. The van der Waals surface area contributed by atoms with Crippen molar-refractivity contribution >= 4 is 11.6 Å². The summed E-state index contributed by atoms with van der Waals surface area (Å²) >= 11 is 0. The van der Waals surface area contributed by atoms with E-state index in [0.717, 1.165) is 44.6 Å². The minimum Gasteiger partial charge on any atom is -0.367 e. The predicted octanol–water partition coefficient (Wildman–Crippen LogP) is 3.49. The zero-order valence-electron chi connectivity index (χ0n) is 15.9. The summed E-state index contributed by atoms with van der Waals surface area (Å²) < 4.78 is 0. The lowest BCUT2D eigenvalue weighted by molar-refractivity contribution is 0.410. The van der Waals surface area contributed by atoms with Crippen LogP contribution in [0.4, 0.5) is 11.6 Å². The largest absolute Gasteiger partial charge is 0.367 e. The van der Waals surface area contributed by atoms with Gasteiger partial charge in [0, 0.05) is 48.1 Å². The van der Waals surface area contributed by atoms with Gasteiger partial charge < -0.3 is 10.2 Å². The fraction of sp³-hybridized carbons (Fsp3) is 0.619. The molecule has 0 atom stereocenters. The maximum absolute atomic E-state index is 4.65. The monoisotopic (exact) mass is 364 g/mol. The highest BCUT2D eigenvalue weighted by Gasteiger charge is 2.25. The molecule has 1 saturated heterocycles. The number of nitrogens with zero attached hydrogens (tertiary/aromatic N) is 5. The maximum Gasteiger partial charge on any atom is 0.135 e. The lowest BCUT2D eigenvalue weighted by Gasteiger charge is -2.35. The molecule has 0 radical (unpaired) electrons. The van der Waals surface area contributed by atoms with Crippen LogP contribution in [-0.2, 0) is 12.8 Å². The quantitative estimate of drug-likeness (QED) is 0.896. The Morgan fingerprint density at radius 2 is 1.67 bits per heavy atom. The van der Waals surface area contributed by atoms with Crippen LogP contribution in [0.15, 0.2) is 18.7 Å². The van der Waals surface area contributed by atoms with Crippen LogP contribution < -0.4 is 10.2 Å². The smallest absolute Gasteiger partial charge is 0.135 e. The van der Waals surface area contributed by atoms with Gasteiger partial charge in [-0.15, -0.1) is 0 Å².